The highest BCUT2D eigenvalue weighted by Gasteiger charge is 2.57. The zero-order valence-electron chi connectivity index (χ0n) is 10.2. The van der Waals surface area contributed by atoms with E-state index in [1.165, 1.54) is 5.56 Å². The molecule has 2 atom stereocenters. The Kier molecular flexibility index (Phi) is 1.64. The largest absolute Gasteiger partial charge is 0.496 e. The lowest BCUT2D eigenvalue weighted by Crippen LogP contribution is -2.43. The molecule has 1 spiro atoms. The molecule has 3 aliphatic carbocycles. The number of methoxy groups -OCH3 is 1. The van der Waals surface area contributed by atoms with Crippen molar-refractivity contribution in [2.45, 2.75) is 30.3 Å². The number of carbonyl (C=O) groups excluding carboxylic acids is 1. The van der Waals surface area contributed by atoms with Crippen LogP contribution in [0.5, 0.6) is 5.75 Å². The smallest absolute Gasteiger partial charge is 0.202 e. The highest BCUT2D eigenvalue weighted by atomic mass is 16.5. The second-order valence-corrected chi connectivity index (χ2v) is 5.60. The third kappa shape index (κ3) is 0.940. The summed E-state index contributed by atoms with van der Waals surface area (Å²) in [7, 11) is 1.57. The van der Waals surface area contributed by atoms with Gasteiger partial charge in [0, 0.05) is 11.8 Å². The number of aliphatic hydroxyl groups is 1. The molecule has 0 radical (unpaired) electrons. The topological polar surface area (TPSA) is 46.5 Å². The van der Waals surface area contributed by atoms with Gasteiger partial charge in [-0.1, -0.05) is 12.1 Å². The first-order chi connectivity index (χ1) is 8.60. The van der Waals surface area contributed by atoms with Crippen molar-refractivity contribution in [3.63, 3.8) is 0 Å². The van der Waals surface area contributed by atoms with E-state index in [0.717, 1.165) is 18.4 Å². The molecular weight excluding hydrogens is 228 g/mol. The van der Waals surface area contributed by atoms with Crippen LogP contribution < -0.4 is 4.74 Å². The molecule has 0 saturated carbocycles. The lowest BCUT2D eigenvalue weighted by Gasteiger charge is -2.35. The molecule has 2 unspecified atom stereocenters. The van der Waals surface area contributed by atoms with Crippen LogP contribution in [0.25, 0.3) is 0 Å². The summed E-state index contributed by atoms with van der Waals surface area (Å²) in [5.74, 6) is 0.384. The van der Waals surface area contributed by atoms with Crippen molar-refractivity contribution in [1.29, 1.82) is 0 Å². The van der Waals surface area contributed by atoms with Gasteiger partial charge >= 0.3 is 0 Å². The van der Waals surface area contributed by atoms with Crippen molar-refractivity contribution in [1.82, 2.24) is 0 Å². The molecule has 3 nitrogen and oxygen atoms in total. The first-order valence-corrected chi connectivity index (χ1v) is 6.28. The molecule has 0 aliphatic heterocycles. The summed E-state index contributed by atoms with van der Waals surface area (Å²) in [4.78, 5) is 12.5. The molecule has 0 saturated heterocycles. The van der Waals surface area contributed by atoms with Gasteiger partial charge in [-0.2, -0.15) is 0 Å². The van der Waals surface area contributed by atoms with Gasteiger partial charge in [0.15, 0.2) is 0 Å². The Bertz CT molecular complexity index is 616. The fourth-order valence-corrected chi connectivity index (χ4v) is 3.89. The molecule has 0 fully saturated rings. The van der Waals surface area contributed by atoms with Crippen LogP contribution in [0.2, 0.25) is 0 Å². The predicted molar refractivity (Wildman–Crippen MR) is 66.0 cm³/mol. The van der Waals surface area contributed by atoms with E-state index < -0.39 is 5.60 Å². The summed E-state index contributed by atoms with van der Waals surface area (Å²) in [5.41, 5.74) is 1.48. The van der Waals surface area contributed by atoms with E-state index >= 15 is 0 Å². The molecule has 1 N–H and O–H groups in total. The second kappa shape index (κ2) is 2.86. The van der Waals surface area contributed by atoms with Crippen molar-refractivity contribution in [3.05, 3.63) is 41.0 Å². The number of carbonyl (C=O) groups is 1. The second-order valence-electron chi connectivity index (χ2n) is 5.60. The van der Waals surface area contributed by atoms with Gasteiger partial charge in [-0.05, 0) is 36.1 Å². The maximum absolute atomic E-state index is 12.5. The van der Waals surface area contributed by atoms with Gasteiger partial charge in [-0.25, -0.2) is 0 Å². The molecule has 2 bridgehead atoms. The number of fused-ring (bicyclic) bond motifs is 1. The Morgan fingerprint density at radius 3 is 2.94 bits per heavy atom. The zero-order valence-corrected chi connectivity index (χ0v) is 10.2. The van der Waals surface area contributed by atoms with E-state index in [4.69, 9.17) is 4.74 Å². The van der Waals surface area contributed by atoms with Gasteiger partial charge in [0.05, 0.1) is 12.7 Å². The van der Waals surface area contributed by atoms with Crippen LogP contribution in [0.4, 0.5) is 0 Å². The average Bonchev–Trinajstić information content (AvgIpc) is 2.89. The van der Waals surface area contributed by atoms with Crippen LogP contribution >= 0.6 is 0 Å². The van der Waals surface area contributed by atoms with Gasteiger partial charge in [0.2, 0.25) is 5.78 Å². The summed E-state index contributed by atoms with van der Waals surface area (Å²) >= 11 is 0. The third-order valence-corrected chi connectivity index (χ3v) is 4.69. The summed E-state index contributed by atoms with van der Waals surface area (Å²) in [6.07, 6.45) is 6.18. The molecule has 0 amide bonds. The summed E-state index contributed by atoms with van der Waals surface area (Å²) < 4.78 is 5.32. The first-order valence-electron chi connectivity index (χ1n) is 6.28. The Hall–Kier alpha value is -1.61. The number of ketones is 1. The summed E-state index contributed by atoms with van der Waals surface area (Å²) in [5, 5.41) is 10.5. The standard InChI is InChI=1S/C15H14O3/c1-18-10-3-2-9-4-5-14-6-7-15(17,8-14)13(16)11(10)12(9)14/h2-3,6-7,17H,4-5,8H2,1H3. The zero-order chi connectivity index (χ0) is 12.5. The van der Waals surface area contributed by atoms with Crippen molar-refractivity contribution < 1.29 is 14.6 Å². The minimum Gasteiger partial charge on any atom is -0.496 e. The highest BCUT2D eigenvalue weighted by Crippen LogP contribution is 2.56. The van der Waals surface area contributed by atoms with Crippen LogP contribution in [-0.2, 0) is 11.8 Å². The number of ether oxygens (including phenoxy) is 1. The highest BCUT2D eigenvalue weighted by molar-refractivity contribution is 6.10. The van der Waals surface area contributed by atoms with Crippen molar-refractivity contribution in [2.24, 2.45) is 0 Å². The van der Waals surface area contributed by atoms with E-state index in [-0.39, 0.29) is 11.2 Å². The van der Waals surface area contributed by atoms with Crippen molar-refractivity contribution in [2.75, 3.05) is 7.11 Å². The Balaban J connectivity index is 2.12. The van der Waals surface area contributed by atoms with Crippen LogP contribution in [-0.4, -0.2) is 23.6 Å². The fourth-order valence-electron chi connectivity index (χ4n) is 3.89. The maximum atomic E-state index is 12.5. The number of hydrogen-bond acceptors (Lipinski definition) is 3. The molecule has 0 aromatic heterocycles. The lowest BCUT2D eigenvalue weighted by molar-refractivity contribution is 0.0437. The minimum absolute atomic E-state index is 0.137. The van der Waals surface area contributed by atoms with Gasteiger partial charge < -0.3 is 9.84 Å². The maximum Gasteiger partial charge on any atom is 0.202 e. The molecule has 1 aromatic rings. The Labute approximate surface area is 105 Å². The number of aryl methyl sites for hydroxylation is 1. The van der Waals surface area contributed by atoms with Crippen LogP contribution in [0, 0.1) is 0 Å². The fraction of sp³-hybridized carbons (Fsp3) is 0.400. The molecule has 1 aromatic carbocycles. The number of rotatable bonds is 1. The van der Waals surface area contributed by atoms with Gasteiger partial charge in [-0.15, -0.1) is 0 Å². The van der Waals surface area contributed by atoms with Gasteiger partial charge in [0.25, 0.3) is 0 Å². The molecular formula is C15H14O3. The van der Waals surface area contributed by atoms with Crippen LogP contribution in [0.3, 0.4) is 0 Å². The number of benzene rings is 1. The number of Topliss-reactive ketones (excluding diaryl/α,β-unsaturated/α-hetero) is 1. The molecule has 92 valence electrons. The minimum atomic E-state index is -1.32. The average molecular weight is 242 g/mol. The van der Waals surface area contributed by atoms with Crippen LogP contribution in [0.15, 0.2) is 24.3 Å². The van der Waals surface area contributed by atoms with E-state index in [9.17, 15) is 9.90 Å². The lowest BCUT2D eigenvalue weighted by atomic mass is 9.69. The SMILES string of the molecule is COc1ccc2c3c1C(=O)C1(O)C=CC3(CC2)C1. The molecule has 18 heavy (non-hydrogen) atoms. The van der Waals surface area contributed by atoms with E-state index in [1.807, 2.05) is 12.1 Å². The Morgan fingerprint density at radius 2 is 2.17 bits per heavy atom. The third-order valence-electron chi connectivity index (χ3n) is 4.69. The van der Waals surface area contributed by atoms with Gasteiger partial charge in [-0.3, -0.25) is 4.79 Å². The van der Waals surface area contributed by atoms with Crippen molar-refractivity contribution >= 4 is 5.78 Å². The summed E-state index contributed by atoms with van der Waals surface area (Å²) in [6, 6.07) is 3.90. The molecule has 3 heteroatoms. The first kappa shape index (κ1) is 10.3. The van der Waals surface area contributed by atoms with Gasteiger partial charge in [0.1, 0.15) is 11.4 Å². The van der Waals surface area contributed by atoms with Crippen molar-refractivity contribution in [3.8, 4) is 5.75 Å². The van der Waals surface area contributed by atoms with E-state index in [0.29, 0.717) is 17.7 Å². The van der Waals surface area contributed by atoms with E-state index in [2.05, 4.69) is 6.07 Å². The summed E-state index contributed by atoms with van der Waals surface area (Å²) in [6.45, 7) is 0. The number of allylic oxidation sites excluding steroid dienone is 1. The predicted octanol–water partition coefficient (Wildman–Crippen LogP) is 1.77. The molecule has 0 heterocycles. The quantitative estimate of drug-likeness (QED) is 0.763. The molecule has 3 aliphatic rings. The Morgan fingerprint density at radius 1 is 1.33 bits per heavy atom. The van der Waals surface area contributed by atoms with E-state index in [1.54, 1.807) is 13.2 Å². The number of hydrogen-bond donors (Lipinski definition) is 1. The molecule has 4 rings (SSSR count). The normalized spacial score (nSPS) is 34.9. The monoisotopic (exact) mass is 242 g/mol. The van der Waals surface area contributed by atoms with Crippen LogP contribution in [0.1, 0.15) is 34.3 Å².